The molecule has 2 fully saturated rings. The molecule has 2 atom stereocenters. The van der Waals surface area contributed by atoms with Crippen molar-refractivity contribution in [3.63, 3.8) is 0 Å². The van der Waals surface area contributed by atoms with Crippen LogP contribution in [0, 0.1) is 11.7 Å². The average molecular weight is 360 g/mol. The standard InChI is InChI=1S/C20H25FN2O3/c1-2-19(25)22-7-4-6-15(13-22)20(26)23-8-3-5-14(12-23)16-9-17(21)11-18(24)10-16/h2,9-11,14-15,24H,1,3-8,12-13H2. The fraction of sp³-hybridized carbons (Fsp3) is 0.500. The Morgan fingerprint density at radius 3 is 2.58 bits per heavy atom. The Kier molecular flexibility index (Phi) is 5.59. The monoisotopic (exact) mass is 360 g/mol. The number of carbonyl (C=O) groups excluding carboxylic acids is 2. The van der Waals surface area contributed by atoms with E-state index in [2.05, 4.69) is 6.58 Å². The maximum atomic E-state index is 13.6. The first-order valence-corrected chi connectivity index (χ1v) is 9.17. The summed E-state index contributed by atoms with van der Waals surface area (Å²) in [6.07, 6.45) is 4.58. The number of hydrogen-bond donors (Lipinski definition) is 1. The normalized spacial score (nSPS) is 23.6. The molecule has 0 saturated carbocycles. The minimum absolute atomic E-state index is 0.0174. The molecule has 26 heavy (non-hydrogen) atoms. The molecule has 0 radical (unpaired) electrons. The summed E-state index contributed by atoms with van der Waals surface area (Å²) < 4.78 is 13.6. The van der Waals surface area contributed by atoms with Gasteiger partial charge in [0.25, 0.3) is 0 Å². The van der Waals surface area contributed by atoms with Crippen molar-refractivity contribution in [1.29, 1.82) is 0 Å². The van der Waals surface area contributed by atoms with Crippen molar-refractivity contribution >= 4 is 11.8 Å². The van der Waals surface area contributed by atoms with Crippen molar-refractivity contribution in [2.45, 2.75) is 31.6 Å². The van der Waals surface area contributed by atoms with Gasteiger partial charge in [-0.25, -0.2) is 4.39 Å². The molecule has 1 aromatic rings. The SMILES string of the molecule is C=CC(=O)N1CCCC(C(=O)N2CCCC(c3cc(O)cc(F)c3)C2)C1. The van der Waals surface area contributed by atoms with Crippen LogP contribution in [0.25, 0.3) is 0 Å². The van der Waals surface area contributed by atoms with Crippen molar-refractivity contribution in [3.8, 4) is 5.75 Å². The molecule has 2 amide bonds. The maximum Gasteiger partial charge on any atom is 0.245 e. The highest BCUT2D eigenvalue weighted by Crippen LogP contribution is 2.31. The number of benzene rings is 1. The van der Waals surface area contributed by atoms with Crippen LogP contribution in [0.1, 0.15) is 37.2 Å². The molecule has 0 spiro atoms. The number of carbonyl (C=O) groups is 2. The molecule has 0 bridgehead atoms. The van der Waals surface area contributed by atoms with E-state index in [0.29, 0.717) is 26.2 Å². The number of likely N-dealkylation sites (tertiary alicyclic amines) is 2. The molecule has 6 heteroatoms. The van der Waals surface area contributed by atoms with Crippen LogP contribution in [-0.2, 0) is 9.59 Å². The topological polar surface area (TPSA) is 60.9 Å². The Bertz CT molecular complexity index is 686. The fourth-order valence-corrected chi connectivity index (χ4v) is 4.05. The number of rotatable bonds is 3. The third-order valence-corrected chi connectivity index (χ3v) is 5.37. The Morgan fingerprint density at radius 1 is 1.12 bits per heavy atom. The number of phenols is 1. The molecule has 0 aromatic heterocycles. The number of phenolic OH excluding ortho intramolecular Hbond substituents is 1. The molecule has 5 nitrogen and oxygen atoms in total. The predicted octanol–water partition coefficient (Wildman–Crippen LogP) is 2.66. The highest BCUT2D eigenvalue weighted by Gasteiger charge is 2.33. The van der Waals surface area contributed by atoms with Crippen molar-refractivity contribution in [2.24, 2.45) is 5.92 Å². The molecule has 1 aromatic carbocycles. The predicted molar refractivity (Wildman–Crippen MR) is 96.1 cm³/mol. The van der Waals surface area contributed by atoms with Gasteiger partial charge in [0.2, 0.25) is 11.8 Å². The molecule has 0 aliphatic carbocycles. The Hall–Kier alpha value is -2.37. The number of nitrogens with zero attached hydrogens (tertiary/aromatic N) is 2. The molecule has 2 aliphatic rings. The van der Waals surface area contributed by atoms with E-state index in [1.807, 2.05) is 4.90 Å². The van der Waals surface area contributed by atoms with Gasteiger partial charge in [-0.3, -0.25) is 9.59 Å². The molecular formula is C20H25FN2O3. The van der Waals surface area contributed by atoms with Crippen molar-refractivity contribution in [1.82, 2.24) is 9.80 Å². The molecular weight excluding hydrogens is 335 g/mol. The Balaban J connectivity index is 1.67. The molecule has 140 valence electrons. The number of halogens is 1. The van der Waals surface area contributed by atoms with E-state index in [9.17, 15) is 19.1 Å². The third kappa shape index (κ3) is 4.06. The van der Waals surface area contributed by atoms with Gasteiger partial charge in [-0.15, -0.1) is 0 Å². The molecule has 2 aliphatic heterocycles. The lowest BCUT2D eigenvalue weighted by Gasteiger charge is -2.38. The number of hydrogen-bond acceptors (Lipinski definition) is 3. The largest absolute Gasteiger partial charge is 0.508 e. The highest BCUT2D eigenvalue weighted by atomic mass is 19.1. The number of amides is 2. The van der Waals surface area contributed by atoms with Gasteiger partial charge in [0, 0.05) is 38.2 Å². The van der Waals surface area contributed by atoms with Crippen LogP contribution < -0.4 is 0 Å². The maximum absolute atomic E-state index is 13.6. The first-order chi connectivity index (χ1) is 12.5. The zero-order valence-corrected chi connectivity index (χ0v) is 14.9. The highest BCUT2D eigenvalue weighted by molar-refractivity contribution is 5.88. The summed E-state index contributed by atoms with van der Waals surface area (Å²) in [5.41, 5.74) is 0.729. The fourth-order valence-electron chi connectivity index (χ4n) is 4.05. The van der Waals surface area contributed by atoms with Gasteiger partial charge in [-0.2, -0.15) is 0 Å². The number of piperidine rings is 2. The van der Waals surface area contributed by atoms with Crippen molar-refractivity contribution in [2.75, 3.05) is 26.2 Å². The van der Waals surface area contributed by atoms with E-state index in [4.69, 9.17) is 0 Å². The van der Waals surface area contributed by atoms with Crippen LogP contribution in [0.3, 0.4) is 0 Å². The zero-order chi connectivity index (χ0) is 18.7. The van der Waals surface area contributed by atoms with Gasteiger partial charge in [-0.05, 0) is 49.5 Å². The van der Waals surface area contributed by atoms with E-state index in [1.165, 1.54) is 12.1 Å². The Labute approximate surface area is 153 Å². The summed E-state index contributed by atoms with van der Waals surface area (Å²) in [7, 11) is 0. The first-order valence-electron chi connectivity index (χ1n) is 9.17. The summed E-state index contributed by atoms with van der Waals surface area (Å²) in [5, 5.41) is 9.64. The van der Waals surface area contributed by atoms with E-state index in [0.717, 1.165) is 37.3 Å². The first kappa shape index (κ1) is 18.4. The molecule has 2 unspecified atom stereocenters. The second-order valence-corrected chi connectivity index (χ2v) is 7.19. The van der Waals surface area contributed by atoms with E-state index < -0.39 is 5.82 Å². The summed E-state index contributed by atoms with van der Waals surface area (Å²) in [6.45, 7) is 5.82. The lowest BCUT2D eigenvalue weighted by Crippen LogP contribution is -2.48. The molecule has 2 saturated heterocycles. The van der Waals surface area contributed by atoms with Gasteiger partial charge in [-0.1, -0.05) is 6.58 Å². The average Bonchev–Trinajstić information content (AvgIpc) is 2.66. The minimum Gasteiger partial charge on any atom is -0.508 e. The van der Waals surface area contributed by atoms with Crippen LogP contribution in [0.15, 0.2) is 30.9 Å². The van der Waals surface area contributed by atoms with Crippen LogP contribution in [-0.4, -0.2) is 52.9 Å². The van der Waals surface area contributed by atoms with Crippen molar-refractivity contribution < 1.29 is 19.1 Å². The second-order valence-electron chi connectivity index (χ2n) is 7.19. The smallest absolute Gasteiger partial charge is 0.245 e. The van der Waals surface area contributed by atoms with Gasteiger partial charge >= 0.3 is 0 Å². The van der Waals surface area contributed by atoms with Crippen molar-refractivity contribution in [3.05, 3.63) is 42.2 Å². The lowest BCUT2D eigenvalue weighted by molar-refractivity contribution is -0.140. The third-order valence-electron chi connectivity index (χ3n) is 5.37. The quantitative estimate of drug-likeness (QED) is 0.843. The van der Waals surface area contributed by atoms with Crippen LogP contribution in [0.5, 0.6) is 5.75 Å². The van der Waals surface area contributed by atoms with Gasteiger partial charge in [0.05, 0.1) is 5.92 Å². The van der Waals surface area contributed by atoms with Gasteiger partial charge in [0.1, 0.15) is 11.6 Å². The molecule has 1 N–H and O–H groups in total. The van der Waals surface area contributed by atoms with Crippen LogP contribution >= 0.6 is 0 Å². The van der Waals surface area contributed by atoms with E-state index >= 15 is 0 Å². The number of aromatic hydroxyl groups is 1. The lowest BCUT2D eigenvalue weighted by atomic mass is 9.88. The van der Waals surface area contributed by atoms with Gasteiger partial charge in [0.15, 0.2) is 0 Å². The van der Waals surface area contributed by atoms with E-state index in [1.54, 1.807) is 11.0 Å². The Morgan fingerprint density at radius 2 is 1.85 bits per heavy atom. The second kappa shape index (κ2) is 7.89. The van der Waals surface area contributed by atoms with Crippen LogP contribution in [0.2, 0.25) is 0 Å². The summed E-state index contributed by atoms with van der Waals surface area (Å²) in [4.78, 5) is 28.3. The molecule has 2 heterocycles. The van der Waals surface area contributed by atoms with Crippen LogP contribution in [0.4, 0.5) is 4.39 Å². The van der Waals surface area contributed by atoms with E-state index in [-0.39, 0.29) is 29.4 Å². The summed E-state index contributed by atoms with van der Waals surface area (Å²) in [6, 6.07) is 4.10. The minimum atomic E-state index is -0.464. The molecule has 3 rings (SSSR count). The van der Waals surface area contributed by atoms with Gasteiger partial charge < -0.3 is 14.9 Å². The summed E-state index contributed by atoms with van der Waals surface area (Å²) in [5.74, 6) is -0.786. The zero-order valence-electron chi connectivity index (χ0n) is 14.9. The summed E-state index contributed by atoms with van der Waals surface area (Å²) >= 11 is 0.